The first kappa shape index (κ1) is 15.3. The third-order valence-electron chi connectivity index (χ3n) is 2.57. The molecule has 1 N–H and O–H groups in total. The Hall–Kier alpha value is -1.73. The number of ether oxygens (including phenoxy) is 1. The number of nitrogens with zero attached hydrogens (tertiary/aromatic N) is 3. The molecule has 0 radical (unpaired) electrons. The number of aryl methyl sites for hydroxylation is 1. The molecule has 2 rings (SSSR count). The Bertz CT molecular complexity index is 419. The van der Waals surface area contributed by atoms with Gasteiger partial charge in [0.1, 0.15) is 11.5 Å². The number of pyridine rings is 1. The van der Waals surface area contributed by atoms with Crippen LogP contribution in [0.2, 0.25) is 0 Å². The standard InChI is InChI=1S/C10H13N3O3.C2H6O/c1-8-9(13(14)15)2-3-10(11-8)12-4-6-16-7-5-12;1-2-3/h2-3H,4-7H2,1H3;3H,2H2,1H3. The Labute approximate surface area is 112 Å². The molecule has 2 heterocycles. The Balaban J connectivity index is 0.000000550. The smallest absolute Gasteiger partial charge is 0.290 e. The molecule has 0 saturated carbocycles. The number of hydrogen-bond donors (Lipinski definition) is 1. The number of nitro groups is 1. The zero-order valence-electron chi connectivity index (χ0n) is 11.2. The number of aliphatic hydroxyl groups excluding tert-OH is 1. The van der Waals surface area contributed by atoms with Gasteiger partial charge in [-0.1, -0.05) is 0 Å². The molecule has 0 aromatic carbocycles. The van der Waals surface area contributed by atoms with Crippen molar-refractivity contribution in [1.29, 1.82) is 0 Å². The van der Waals surface area contributed by atoms with Crippen molar-refractivity contribution in [2.45, 2.75) is 13.8 Å². The van der Waals surface area contributed by atoms with Crippen LogP contribution in [0.1, 0.15) is 12.6 Å². The summed E-state index contributed by atoms with van der Waals surface area (Å²) >= 11 is 0. The third-order valence-corrected chi connectivity index (χ3v) is 2.57. The number of aromatic nitrogens is 1. The van der Waals surface area contributed by atoms with E-state index in [0.717, 1.165) is 18.9 Å². The molecule has 106 valence electrons. The summed E-state index contributed by atoms with van der Waals surface area (Å²) in [4.78, 5) is 16.5. The molecule has 0 bridgehead atoms. The lowest BCUT2D eigenvalue weighted by atomic mass is 10.3. The van der Waals surface area contributed by atoms with Gasteiger partial charge in [-0.25, -0.2) is 4.98 Å². The van der Waals surface area contributed by atoms with Crippen molar-refractivity contribution >= 4 is 11.5 Å². The van der Waals surface area contributed by atoms with E-state index in [0.29, 0.717) is 18.9 Å². The van der Waals surface area contributed by atoms with Crippen molar-refractivity contribution in [3.05, 3.63) is 27.9 Å². The number of anilines is 1. The van der Waals surface area contributed by atoms with E-state index in [4.69, 9.17) is 9.84 Å². The molecular formula is C12H19N3O4. The van der Waals surface area contributed by atoms with Crippen LogP contribution in [-0.2, 0) is 4.74 Å². The van der Waals surface area contributed by atoms with Crippen LogP contribution in [0, 0.1) is 17.0 Å². The molecule has 1 aliphatic rings. The molecule has 0 aliphatic carbocycles. The van der Waals surface area contributed by atoms with Crippen molar-refractivity contribution in [2.75, 3.05) is 37.8 Å². The monoisotopic (exact) mass is 269 g/mol. The first-order chi connectivity index (χ1) is 9.10. The van der Waals surface area contributed by atoms with Crippen molar-refractivity contribution in [2.24, 2.45) is 0 Å². The van der Waals surface area contributed by atoms with E-state index in [1.807, 2.05) is 0 Å². The molecule has 1 fully saturated rings. The molecule has 0 atom stereocenters. The maximum Gasteiger partial charge on any atom is 0.290 e. The highest BCUT2D eigenvalue weighted by atomic mass is 16.6. The summed E-state index contributed by atoms with van der Waals surface area (Å²) in [6.45, 7) is 6.51. The summed E-state index contributed by atoms with van der Waals surface area (Å²) in [5.74, 6) is 0.784. The number of aliphatic hydroxyl groups is 1. The number of morpholine rings is 1. The van der Waals surface area contributed by atoms with E-state index in [1.54, 1.807) is 19.9 Å². The van der Waals surface area contributed by atoms with E-state index in [-0.39, 0.29) is 12.3 Å². The van der Waals surface area contributed by atoms with Crippen molar-refractivity contribution in [3.8, 4) is 0 Å². The van der Waals surface area contributed by atoms with Gasteiger partial charge in [0.2, 0.25) is 0 Å². The second-order valence-electron chi connectivity index (χ2n) is 3.95. The molecular weight excluding hydrogens is 250 g/mol. The summed E-state index contributed by atoms with van der Waals surface area (Å²) in [6, 6.07) is 3.20. The van der Waals surface area contributed by atoms with Crippen LogP contribution in [0.5, 0.6) is 0 Å². The Morgan fingerprint density at radius 2 is 2.05 bits per heavy atom. The predicted octanol–water partition coefficient (Wildman–Crippen LogP) is 1.13. The van der Waals surface area contributed by atoms with Gasteiger partial charge >= 0.3 is 0 Å². The van der Waals surface area contributed by atoms with Gasteiger partial charge in [0.25, 0.3) is 5.69 Å². The van der Waals surface area contributed by atoms with Crippen LogP contribution in [0.25, 0.3) is 0 Å². The molecule has 19 heavy (non-hydrogen) atoms. The van der Waals surface area contributed by atoms with Crippen LogP contribution in [-0.4, -0.2) is 47.9 Å². The maximum absolute atomic E-state index is 10.6. The predicted molar refractivity (Wildman–Crippen MR) is 71.4 cm³/mol. The van der Waals surface area contributed by atoms with Crippen molar-refractivity contribution < 1.29 is 14.8 Å². The summed E-state index contributed by atoms with van der Waals surface area (Å²) in [5, 5.41) is 18.2. The second kappa shape index (κ2) is 7.65. The fraction of sp³-hybridized carbons (Fsp3) is 0.583. The molecule has 0 amide bonds. The molecule has 0 unspecified atom stereocenters. The Morgan fingerprint density at radius 1 is 1.47 bits per heavy atom. The van der Waals surface area contributed by atoms with Crippen molar-refractivity contribution in [1.82, 2.24) is 4.98 Å². The van der Waals surface area contributed by atoms with Crippen LogP contribution >= 0.6 is 0 Å². The van der Waals surface area contributed by atoms with E-state index in [9.17, 15) is 10.1 Å². The highest BCUT2D eigenvalue weighted by Gasteiger charge is 2.16. The minimum absolute atomic E-state index is 0.0667. The van der Waals surface area contributed by atoms with E-state index in [2.05, 4.69) is 9.88 Å². The number of rotatable bonds is 2. The van der Waals surface area contributed by atoms with Gasteiger partial charge in [0, 0.05) is 25.8 Å². The fourth-order valence-electron chi connectivity index (χ4n) is 1.70. The quantitative estimate of drug-likeness (QED) is 0.639. The average Bonchev–Trinajstić information content (AvgIpc) is 2.40. The molecule has 1 saturated heterocycles. The Kier molecular flexibility index (Phi) is 6.17. The van der Waals surface area contributed by atoms with Gasteiger partial charge in [0.05, 0.1) is 18.1 Å². The molecule has 1 aromatic rings. The van der Waals surface area contributed by atoms with Gasteiger partial charge in [0.15, 0.2) is 0 Å². The zero-order valence-corrected chi connectivity index (χ0v) is 11.2. The summed E-state index contributed by atoms with van der Waals surface area (Å²) in [7, 11) is 0. The van der Waals surface area contributed by atoms with Gasteiger partial charge in [-0.3, -0.25) is 10.1 Å². The van der Waals surface area contributed by atoms with Gasteiger partial charge in [-0.05, 0) is 19.9 Å². The first-order valence-electron chi connectivity index (χ1n) is 6.15. The van der Waals surface area contributed by atoms with Gasteiger partial charge in [-0.2, -0.15) is 0 Å². The van der Waals surface area contributed by atoms with E-state index >= 15 is 0 Å². The van der Waals surface area contributed by atoms with Crippen LogP contribution in [0.4, 0.5) is 11.5 Å². The average molecular weight is 269 g/mol. The lowest BCUT2D eigenvalue weighted by molar-refractivity contribution is -0.385. The summed E-state index contributed by atoms with van der Waals surface area (Å²) in [6.07, 6.45) is 0. The highest BCUT2D eigenvalue weighted by molar-refractivity contribution is 5.46. The number of hydrogen-bond acceptors (Lipinski definition) is 6. The van der Waals surface area contributed by atoms with Gasteiger partial charge < -0.3 is 14.7 Å². The summed E-state index contributed by atoms with van der Waals surface area (Å²) in [5.41, 5.74) is 0.519. The van der Waals surface area contributed by atoms with Crippen LogP contribution in [0.15, 0.2) is 12.1 Å². The SMILES string of the molecule is CCO.Cc1nc(N2CCOCC2)ccc1[N+](=O)[O-]. The van der Waals surface area contributed by atoms with E-state index in [1.165, 1.54) is 6.07 Å². The van der Waals surface area contributed by atoms with Crippen molar-refractivity contribution in [3.63, 3.8) is 0 Å². The largest absolute Gasteiger partial charge is 0.397 e. The molecule has 7 nitrogen and oxygen atoms in total. The summed E-state index contributed by atoms with van der Waals surface area (Å²) < 4.78 is 5.24. The second-order valence-corrected chi connectivity index (χ2v) is 3.95. The lowest BCUT2D eigenvalue weighted by Crippen LogP contribution is -2.36. The minimum Gasteiger partial charge on any atom is -0.397 e. The normalized spacial score (nSPS) is 14.6. The molecule has 7 heteroatoms. The fourth-order valence-corrected chi connectivity index (χ4v) is 1.70. The third kappa shape index (κ3) is 4.46. The Morgan fingerprint density at radius 3 is 2.53 bits per heavy atom. The van der Waals surface area contributed by atoms with Crippen LogP contribution < -0.4 is 4.90 Å². The van der Waals surface area contributed by atoms with Crippen LogP contribution in [0.3, 0.4) is 0 Å². The highest BCUT2D eigenvalue weighted by Crippen LogP contribution is 2.20. The molecule has 1 aromatic heterocycles. The van der Waals surface area contributed by atoms with E-state index < -0.39 is 4.92 Å². The first-order valence-corrected chi connectivity index (χ1v) is 6.15. The van der Waals surface area contributed by atoms with Gasteiger partial charge in [-0.15, -0.1) is 0 Å². The molecule has 0 spiro atoms. The zero-order chi connectivity index (χ0) is 14.3. The molecule has 1 aliphatic heterocycles. The minimum atomic E-state index is -0.411. The topological polar surface area (TPSA) is 88.7 Å². The lowest BCUT2D eigenvalue weighted by Gasteiger charge is -2.27. The maximum atomic E-state index is 10.6.